The van der Waals surface area contributed by atoms with Gasteiger partial charge >= 0.3 is 0 Å². The predicted octanol–water partition coefficient (Wildman–Crippen LogP) is 3.61. The molecule has 2 N–H and O–H groups in total. The van der Waals surface area contributed by atoms with Crippen molar-refractivity contribution >= 4 is 47.2 Å². The zero-order valence-electron chi connectivity index (χ0n) is 16.8. The van der Waals surface area contributed by atoms with Crippen LogP contribution >= 0.6 is 35.6 Å². The highest BCUT2D eigenvalue weighted by Gasteiger charge is 2.23. The van der Waals surface area contributed by atoms with E-state index in [1.165, 1.54) is 11.4 Å². The van der Waals surface area contributed by atoms with Gasteiger partial charge in [-0.15, -0.1) is 24.0 Å². The third-order valence-corrected chi connectivity index (χ3v) is 5.10. The number of aliphatic imine (C=N–C) groups is 1. The van der Waals surface area contributed by atoms with Crippen molar-refractivity contribution in [1.82, 2.24) is 20.4 Å². The van der Waals surface area contributed by atoms with Crippen molar-refractivity contribution in [3.05, 3.63) is 46.7 Å². The number of rotatable bonds is 6. The molecule has 2 heterocycles. The smallest absolute Gasteiger partial charge is 0.191 e. The van der Waals surface area contributed by atoms with Gasteiger partial charge < -0.3 is 15.5 Å². The van der Waals surface area contributed by atoms with Crippen LogP contribution in [0.25, 0.3) is 0 Å². The van der Waals surface area contributed by atoms with E-state index in [1.807, 2.05) is 32.2 Å². The number of aryl methyl sites for hydroxylation is 3. The summed E-state index contributed by atoms with van der Waals surface area (Å²) in [6.07, 6.45) is 2.08. The zero-order chi connectivity index (χ0) is 19.2. The molecule has 2 aromatic rings. The first-order valence-corrected chi connectivity index (χ1v) is 9.91. The molecular formula is C20H30ClIN6. The number of benzene rings is 1. The SMILES string of the molecule is CN=C(NCCCn1nc(C)cc1C)NC1CCN(c2cccc(Cl)c2)C1.I. The molecule has 154 valence electrons. The Bertz CT molecular complexity index is 791. The fraction of sp³-hybridized carbons (Fsp3) is 0.500. The van der Waals surface area contributed by atoms with Crippen LogP contribution in [-0.4, -0.2) is 48.5 Å². The maximum absolute atomic E-state index is 6.12. The van der Waals surface area contributed by atoms with E-state index in [4.69, 9.17) is 11.6 Å². The van der Waals surface area contributed by atoms with Gasteiger partial charge in [-0.05, 0) is 51.0 Å². The monoisotopic (exact) mass is 516 g/mol. The molecule has 1 atom stereocenters. The molecule has 28 heavy (non-hydrogen) atoms. The minimum atomic E-state index is 0. The number of nitrogens with one attached hydrogen (secondary N) is 2. The van der Waals surface area contributed by atoms with Gasteiger partial charge in [-0.1, -0.05) is 17.7 Å². The van der Waals surface area contributed by atoms with Crippen LogP contribution in [0.1, 0.15) is 24.2 Å². The maximum Gasteiger partial charge on any atom is 0.191 e. The van der Waals surface area contributed by atoms with Crippen LogP contribution in [0.2, 0.25) is 5.02 Å². The predicted molar refractivity (Wildman–Crippen MR) is 128 cm³/mol. The van der Waals surface area contributed by atoms with E-state index in [2.05, 4.69) is 49.4 Å². The Balaban J connectivity index is 0.00000280. The summed E-state index contributed by atoms with van der Waals surface area (Å²) in [4.78, 5) is 6.72. The average Bonchev–Trinajstić information content (AvgIpc) is 3.23. The molecule has 1 fully saturated rings. The number of aromatic nitrogens is 2. The number of nitrogens with zero attached hydrogens (tertiary/aromatic N) is 4. The fourth-order valence-electron chi connectivity index (χ4n) is 3.51. The Morgan fingerprint density at radius 2 is 2.14 bits per heavy atom. The van der Waals surface area contributed by atoms with Gasteiger partial charge in [0.2, 0.25) is 0 Å². The largest absolute Gasteiger partial charge is 0.369 e. The molecule has 1 unspecified atom stereocenters. The summed E-state index contributed by atoms with van der Waals surface area (Å²) in [6.45, 7) is 7.87. The molecule has 1 aromatic carbocycles. The van der Waals surface area contributed by atoms with Crippen molar-refractivity contribution in [1.29, 1.82) is 0 Å². The Kier molecular flexibility index (Phi) is 8.88. The van der Waals surface area contributed by atoms with Gasteiger partial charge in [-0.3, -0.25) is 9.67 Å². The molecule has 8 heteroatoms. The molecule has 0 amide bonds. The summed E-state index contributed by atoms with van der Waals surface area (Å²) in [5.41, 5.74) is 3.46. The molecule has 3 rings (SSSR count). The van der Waals surface area contributed by atoms with E-state index in [0.717, 1.165) is 55.7 Å². The van der Waals surface area contributed by atoms with Gasteiger partial charge in [0.05, 0.1) is 5.69 Å². The highest BCUT2D eigenvalue weighted by Crippen LogP contribution is 2.23. The Hall–Kier alpha value is -1.48. The van der Waals surface area contributed by atoms with Crippen molar-refractivity contribution in [2.75, 3.05) is 31.6 Å². The van der Waals surface area contributed by atoms with Crippen LogP contribution in [0.4, 0.5) is 5.69 Å². The molecule has 0 saturated carbocycles. The van der Waals surface area contributed by atoms with E-state index in [1.54, 1.807) is 0 Å². The van der Waals surface area contributed by atoms with Gasteiger partial charge in [0, 0.05) is 55.7 Å². The number of hydrogen-bond acceptors (Lipinski definition) is 3. The first-order chi connectivity index (χ1) is 13.0. The average molecular weight is 517 g/mol. The third-order valence-electron chi connectivity index (χ3n) is 4.87. The van der Waals surface area contributed by atoms with Crippen molar-refractivity contribution in [3.8, 4) is 0 Å². The second-order valence-corrected chi connectivity index (χ2v) is 7.50. The molecular weight excluding hydrogens is 487 g/mol. The molecule has 1 aliphatic rings. The second-order valence-electron chi connectivity index (χ2n) is 7.06. The summed E-state index contributed by atoms with van der Waals surface area (Å²) in [7, 11) is 1.82. The van der Waals surface area contributed by atoms with Crippen LogP contribution in [0, 0.1) is 13.8 Å². The quantitative estimate of drug-likeness (QED) is 0.267. The first kappa shape index (κ1) is 22.8. The summed E-state index contributed by atoms with van der Waals surface area (Å²) < 4.78 is 2.06. The van der Waals surface area contributed by atoms with Gasteiger partial charge in [0.25, 0.3) is 0 Å². The number of anilines is 1. The van der Waals surface area contributed by atoms with Gasteiger partial charge in [-0.2, -0.15) is 5.10 Å². The highest BCUT2D eigenvalue weighted by molar-refractivity contribution is 14.0. The minimum Gasteiger partial charge on any atom is -0.369 e. The lowest BCUT2D eigenvalue weighted by atomic mass is 10.2. The van der Waals surface area contributed by atoms with Crippen LogP contribution in [0.5, 0.6) is 0 Å². The number of guanidine groups is 1. The zero-order valence-corrected chi connectivity index (χ0v) is 19.9. The van der Waals surface area contributed by atoms with Crippen molar-refractivity contribution in [2.45, 2.75) is 39.3 Å². The molecule has 0 bridgehead atoms. The normalized spacial score (nSPS) is 16.8. The lowest BCUT2D eigenvalue weighted by Crippen LogP contribution is -2.45. The number of halogens is 2. The summed E-state index contributed by atoms with van der Waals surface area (Å²) in [5.74, 6) is 0.862. The van der Waals surface area contributed by atoms with Gasteiger partial charge in [-0.25, -0.2) is 0 Å². The highest BCUT2D eigenvalue weighted by atomic mass is 127. The van der Waals surface area contributed by atoms with E-state index < -0.39 is 0 Å². The number of hydrogen-bond donors (Lipinski definition) is 2. The standard InChI is InChI=1S/C20H29ClN6.HI/c1-15-12-16(2)27(25-15)10-5-9-23-20(22-3)24-18-8-11-26(14-18)19-7-4-6-17(21)13-19;/h4,6-7,12-13,18H,5,8-11,14H2,1-3H3,(H2,22,23,24);1H. The summed E-state index contributed by atoms with van der Waals surface area (Å²) in [6, 6.07) is 10.5. The van der Waals surface area contributed by atoms with Crippen LogP contribution in [0.15, 0.2) is 35.3 Å². The van der Waals surface area contributed by atoms with Gasteiger partial charge in [0.15, 0.2) is 5.96 Å². The first-order valence-electron chi connectivity index (χ1n) is 9.54. The minimum absolute atomic E-state index is 0. The van der Waals surface area contributed by atoms with Crippen molar-refractivity contribution < 1.29 is 0 Å². The molecule has 1 saturated heterocycles. The van der Waals surface area contributed by atoms with Crippen LogP contribution in [0.3, 0.4) is 0 Å². The van der Waals surface area contributed by atoms with Crippen molar-refractivity contribution in [2.24, 2.45) is 4.99 Å². The van der Waals surface area contributed by atoms with Crippen LogP contribution < -0.4 is 15.5 Å². The Labute approximate surface area is 189 Å². The van der Waals surface area contributed by atoms with Gasteiger partial charge in [0.1, 0.15) is 0 Å². The molecule has 0 radical (unpaired) electrons. The summed E-state index contributed by atoms with van der Waals surface area (Å²) in [5, 5.41) is 12.2. The second kappa shape index (κ2) is 10.9. The maximum atomic E-state index is 6.12. The van der Waals surface area contributed by atoms with E-state index in [9.17, 15) is 0 Å². The Morgan fingerprint density at radius 1 is 1.32 bits per heavy atom. The molecule has 0 spiro atoms. The van der Waals surface area contributed by atoms with E-state index in [0.29, 0.717) is 6.04 Å². The van der Waals surface area contributed by atoms with E-state index in [-0.39, 0.29) is 24.0 Å². The van der Waals surface area contributed by atoms with E-state index >= 15 is 0 Å². The van der Waals surface area contributed by atoms with Crippen LogP contribution in [-0.2, 0) is 6.54 Å². The molecule has 6 nitrogen and oxygen atoms in total. The molecule has 0 aliphatic carbocycles. The Morgan fingerprint density at radius 3 is 2.82 bits per heavy atom. The van der Waals surface area contributed by atoms with Crippen molar-refractivity contribution in [3.63, 3.8) is 0 Å². The third kappa shape index (κ3) is 6.27. The summed E-state index contributed by atoms with van der Waals surface area (Å²) >= 11 is 6.12. The lowest BCUT2D eigenvalue weighted by molar-refractivity contribution is 0.552. The topological polar surface area (TPSA) is 57.5 Å². The lowest BCUT2D eigenvalue weighted by Gasteiger charge is -2.20. The molecule has 1 aliphatic heterocycles. The molecule has 1 aromatic heterocycles. The fourth-order valence-corrected chi connectivity index (χ4v) is 3.69.